The molecule has 1 fully saturated rings. The van der Waals surface area contributed by atoms with E-state index in [2.05, 4.69) is 20.3 Å². The van der Waals surface area contributed by atoms with Crippen LogP contribution in [0.25, 0.3) is 10.9 Å². The predicted molar refractivity (Wildman–Crippen MR) is 117 cm³/mol. The first kappa shape index (κ1) is 20.5. The Kier molecular flexibility index (Phi) is 5.57. The SMILES string of the molecule is CC(C)c1cc(Nc2ccc(S(=O)(=O)N3CCCCC3)cn2)c2c(=O)[nH]ccc2n1. The molecule has 3 aromatic rings. The van der Waals surface area contributed by atoms with E-state index in [1.807, 2.05) is 19.9 Å². The van der Waals surface area contributed by atoms with E-state index in [9.17, 15) is 13.2 Å². The molecule has 1 aliphatic rings. The molecular weight excluding hydrogens is 402 g/mol. The lowest BCUT2D eigenvalue weighted by Crippen LogP contribution is -2.35. The summed E-state index contributed by atoms with van der Waals surface area (Å²) in [7, 11) is -3.53. The van der Waals surface area contributed by atoms with Gasteiger partial charge < -0.3 is 10.3 Å². The van der Waals surface area contributed by atoms with Crippen LogP contribution >= 0.6 is 0 Å². The number of piperidine rings is 1. The van der Waals surface area contributed by atoms with Gasteiger partial charge in [0.2, 0.25) is 10.0 Å². The van der Waals surface area contributed by atoms with Gasteiger partial charge in [-0.05, 0) is 43.0 Å². The van der Waals surface area contributed by atoms with E-state index in [-0.39, 0.29) is 16.4 Å². The number of nitrogens with zero attached hydrogens (tertiary/aromatic N) is 3. The predicted octanol–water partition coefficient (Wildman–Crippen LogP) is 3.36. The summed E-state index contributed by atoms with van der Waals surface area (Å²) in [5.74, 6) is 0.636. The van der Waals surface area contributed by atoms with Crippen LogP contribution in [0.4, 0.5) is 11.5 Å². The maximum atomic E-state index is 12.8. The number of H-pyrrole nitrogens is 1. The molecule has 1 aliphatic heterocycles. The molecule has 0 radical (unpaired) electrons. The summed E-state index contributed by atoms with van der Waals surface area (Å²) in [6.07, 6.45) is 5.76. The van der Waals surface area contributed by atoms with Crippen LogP contribution in [0.1, 0.15) is 44.7 Å². The first-order valence-electron chi connectivity index (χ1n) is 10.1. The highest BCUT2D eigenvalue weighted by Crippen LogP contribution is 2.27. The monoisotopic (exact) mass is 427 g/mol. The van der Waals surface area contributed by atoms with Crippen LogP contribution in [0.5, 0.6) is 0 Å². The molecule has 2 N–H and O–H groups in total. The lowest BCUT2D eigenvalue weighted by molar-refractivity contribution is 0.346. The third kappa shape index (κ3) is 3.95. The van der Waals surface area contributed by atoms with Gasteiger partial charge in [-0.25, -0.2) is 13.4 Å². The van der Waals surface area contributed by atoms with Gasteiger partial charge in [0.25, 0.3) is 5.56 Å². The molecule has 0 saturated carbocycles. The molecule has 4 heterocycles. The second kappa shape index (κ2) is 8.16. The van der Waals surface area contributed by atoms with Gasteiger partial charge in [-0.1, -0.05) is 20.3 Å². The number of aromatic amines is 1. The van der Waals surface area contributed by atoms with Gasteiger partial charge in [-0.2, -0.15) is 4.31 Å². The van der Waals surface area contributed by atoms with E-state index in [4.69, 9.17) is 0 Å². The molecule has 0 aliphatic carbocycles. The van der Waals surface area contributed by atoms with Crippen molar-refractivity contribution in [3.8, 4) is 0 Å². The molecule has 9 heteroatoms. The van der Waals surface area contributed by atoms with Crippen LogP contribution in [0.3, 0.4) is 0 Å². The van der Waals surface area contributed by atoms with Gasteiger partial charge in [-0.3, -0.25) is 9.78 Å². The van der Waals surface area contributed by atoms with Crippen LogP contribution < -0.4 is 10.9 Å². The molecule has 0 bridgehead atoms. The largest absolute Gasteiger partial charge is 0.339 e. The summed E-state index contributed by atoms with van der Waals surface area (Å²) < 4.78 is 27.1. The molecule has 0 unspecified atom stereocenters. The Labute approximate surface area is 175 Å². The quantitative estimate of drug-likeness (QED) is 0.646. The Morgan fingerprint density at radius 3 is 2.57 bits per heavy atom. The summed E-state index contributed by atoms with van der Waals surface area (Å²) in [5.41, 5.74) is 1.78. The van der Waals surface area contributed by atoms with Crippen molar-refractivity contribution in [2.75, 3.05) is 18.4 Å². The van der Waals surface area contributed by atoms with E-state index in [0.717, 1.165) is 25.0 Å². The van der Waals surface area contributed by atoms with Crippen molar-refractivity contribution in [2.24, 2.45) is 0 Å². The molecule has 30 heavy (non-hydrogen) atoms. The van der Waals surface area contributed by atoms with Crippen LogP contribution in [-0.2, 0) is 10.0 Å². The van der Waals surface area contributed by atoms with Gasteiger partial charge in [0, 0.05) is 31.2 Å². The number of nitrogens with one attached hydrogen (secondary N) is 2. The van der Waals surface area contributed by atoms with E-state index in [0.29, 0.717) is 35.5 Å². The number of sulfonamides is 1. The maximum absolute atomic E-state index is 12.8. The van der Waals surface area contributed by atoms with Crippen LogP contribution in [0, 0.1) is 0 Å². The topological polar surface area (TPSA) is 108 Å². The van der Waals surface area contributed by atoms with Gasteiger partial charge >= 0.3 is 0 Å². The molecule has 8 nitrogen and oxygen atoms in total. The van der Waals surface area contributed by atoms with Crippen LogP contribution in [0.2, 0.25) is 0 Å². The molecule has 4 rings (SSSR count). The van der Waals surface area contributed by atoms with Crippen molar-refractivity contribution in [1.82, 2.24) is 19.3 Å². The molecule has 0 amide bonds. The van der Waals surface area contributed by atoms with Gasteiger partial charge in [-0.15, -0.1) is 0 Å². The number of aromatic nitrogens is 3. The Morgan fingerprint density at radius 2 is 1.90 bits per heavy atom. The molecular formula is C21H25N5O3S. The fourth-order valence-corrected chi connectivity index (χ4v) is 5.07. The molecule has 158 valence electrons. The van der Waals surface area contributed by atoms with Crippen molar-refractivity contribution < 1.29 is 8.42 Å². The van der Waals surface area contributed by atoms with Crippen molar-refractivity contribution in [2.45, 2.75) is 43.9 Å². The average Bonchev–Trinajstić information content (AvgIpc) is 2.74. The third-order valence-electron chi connectivity index (χ3n) is 5.29. The Bertz CT molecular complexity index is 1210. The molecule has 0 aromatic carbocycles. The zero-order valence-corrected chi connectivity index (χ0v) is 17.9. The summed E-state index contributed by atoms with van der Waals surface area (Å²) >= 11 is 0. The molecule has 0 spiro atoms. The normalized spacial score (nSPS) is 15.6. The highest BCUT2D eigenvalue weighted by atomic mass is 32.2. The highest BCUT2D eigenvalue weighted by molar-refractivity contribution is 7.89. The zero-order valence-electron chi connectivity index (χ0n) is 17.1. The van der Waals surface area contributed by atoms with E-state index >= 15 is 0 Å². The second-order valence-corrected chi connectivity index (χ2v) is 9.72. The first-order chi connectivity index (χ1) is 14.4. The Hall–Kier alpha value is -2.78. The number of pyridine rings is 3. The third-order valence-corrected chi connectivity index (χ3v) is 7.18. The summed E-state index contributed by atoms with van der Waals surface area (Å²) in [6, 6.07) is 6.77. The van der Waals surface area contributed by atoms with Gasteiger partial charge in [0.05, 0.1) is 16.6 Å². The average molecular weight is 428 g/mol. The zero-order chi connectivity index (χ0) is 21.3. The van der Waals surface area contributed by atoms with E-state index < -0.39 is 10.0 Å². The lowest BCUT2D eigenvalue weighted by atomic mass is 10.1. The number of hydrogen-bond donors (Lipinski definition) is 2. The van der Waals surface area contributed by atoms with Gasteiger partial charge in [0.1, 0.15) is 10.7 Å². The fourth-order valence-electron chi connectivity index (χ4n) is 3.61. The molecule has 3 aromatic heterocycles. The number of fused-ring (bicyclic) bond motifs is 1. The van der Waals surface area contributed by atoms with E-state index in [1.54, 1.807) is 24.4 Å². The lowest BCUT2D eigenvalue weighted by Gasteiger charge is -2.25. The van der Waals surface area contributed by atoms with Crippen LogP contribution in [-0.4, -0.2) is 40.8 Å². The van der Waals surface area contributed by atoms with Gasteiger partial charge in [0.15, 0.2) is 0 Å². The Morgan fingerprint density at radius 1 is 1.13 bits per heavy atom. The second-order valence-electron chi connectivity index (χ2n) is 7.79. The highest BCUT2D eigenvalue weighted by Gasteiger charge is 2.26. The minimum absolute atomic E-state index is 0.176. The Balaban J connectivity index is 1.67. The maximum Gasteiger partial charge on any atom is 0.259 e. The number of rotatable bonds is 5. The van der Waals surface area contributed by atoms with Crippen molar-refractivity contribution in [3.63, 3.8) is 0 Å². The fraction of sp³-hybridized carbons (Fsp3) is 0.381. The standard InChI is InChI=1S/C21H25N5O3S/c1-14(2)17-12-18(20-16(24-17)8-9-22-21(20)27)25-19-7-6-15(13-23-19)30(28,29)26-10-4-3-5-11-26/h6-9,12-14H,3-5,10-11H2,1-2H3,(H,22,27)(H,23,24,25). The number of anilines is 2. The minimum Gasteiger partial charge on any atom is -0.339 e. The van der Waals surface area contributed by atoms with Crippen LogP contribution in [0.15, 0.2) is 46.3 Å². The number of hydrogen-bond acceptors (Lipinski definition) is 6. The van der Waals surface area contributed by atoms with Crippen molar-refractivity contribution in [3.05, 3.63) is 52.7 Å². The van der Waals surface area contributed by atoms with E-state index in [1.165, 1.54) is 10.5 Å². The van der Waals surface area contributed by atoms with Crippen molar-refractivity contribution >= 4 is 32.4 Å². The molecule has 1 saturated heterocycles. The summed E-state index contributed by atoms with van der Waals surface area (Å²) in [4.78, 5) is 24.1. The smallest absolute Gasteiger partial charge is 0.259 e. The molecule has 0 atom stereocenters. The summed E-state index contributed by atoms with van der Waals surface area (Å²) in [6.45, 7) is 5.16. The first-order valence-corrected chi connectivity index (χ1v) is 11.6. The summed E-state index contributed by atoms with van der Waals surface area (Å²) in [5, 5.41) is 3.60. The minimum atomic E-state index is -3.53. The van der Waals surface area contributed by atoms with Crippen molar-refractivity contribution in [1.29, 1.82) is 0 Å².